The van der Waals surface area contributed by atoms with E-state index in [1.807, 2.05) is 24.3 Å². The van der Waals surface area contributed by atoms with Crippen LogP contribution in [0.25, 0.3) is 11.4 Å². The highest BCUT2D eigenvalue weighted by molar-refractivity contribution is 5.93. The Balaban J connectivity index is 1.99. The minimum atomic E-state index is -0.267. The fraction of sp³-hybridized carbons (Fsp3) is 0.154. The molecule has 2 rings (SSSR count). The highest BCUT2D eigenvalue weighted by Crippen LogP contribution is 2.14. The monoisotopic (exact) mass is 240 g/mol. The molecule has 0 saturated heterocycles. The van der Waals surface area contributed by atoms with Gasteiger partial charge in [0, 0.05) is 12.1 Å². The number of hydrogen-bond acceptors (Lipinski definition) is 3. The summed E-state index contributed by atoms with van der Waals surface area (Å²) in [7, 11) is 0. The zero-order valence-electron chi connectivity index (χ0n) is 9.90. The lowest BCUT2D eigenvalue weighted by molar-refractivity contribution is -0.115. The van der Waals surface area contributed by atoms with Crippen LogP contribution in [-0.4, -0.2) is 21.1 Å². The lowest BCUT2D eigenvalue weighted by atomic mass is 10.1. The number of aromatic amines is 1. The largest absolute Gasteiger partial charge is 0.341 e. The maximum atomic E-state index is 11.2. The van der Waals surface area contributed by atoms with Gasteiger partial charge in [0.15, 0.2) is 5.82 Å². The summed E-state index contributed by atoms with van der Waals surface area (Å²) in [5, 5.41) is 9.29. The Bertz CT molecular complexity index is 576. The molecular formula is C13H12N4O. The fourth-order valence-electron chi connectivity index (χ4n) is 1.47. The molecule has 0 unspecified atom stereocenters. The van der Waals surface area contributed by atoms with Crippen LogP contribution in [-0.2, 0) is 11.3 Å². The molecule has 0 spiro atoms. The summed E-state index contributed by atoms with van der Waals surface area (Å²) in [5.74, 6) is 5.43. The van der Waals surface area contributed by atoms with Crippen LogP contribution in [0.2, 0.25) is 0 Å². The second kappa shape index (κ2) is 5.64. The molecule has 0 aliphatic carbocycles. The van der Waals surface area contributed by atoms with Gasteiger partial charge in [-0.05, 0) is 18.4 Å². The lowest BCUT2D eigenvalue weighted by Gasteiger charge is -2.02. The first kappa shape index (κ1) is 11.9. The van der Waals surface area contributed by atoms with Crippen molar-refractivity contribution in [1.82, 2.24) is 20.5 Å². The summed E-state index contributed by atoms with van der Waals surface area (Å²) >= 11 is 0. The summed E-state index contributed by atoms with van der Waals surface area (Å²) < 4.78 is 0. The third-order valence-electron chi connectivity index (χ3n) is 2.33. The van der Waals surface area contributed by atoms with Crippen LogP contribution in [0.15, 0.2) is 30.6 Å². The van der Waals surface area contributed by atoms with Gasteiger partial charge in [-0.25, -0.2) is 4.98 Å². The minimum absolute atomic E-state index is 0.267. The Morgan fingerprint density at radius 3 is 2.78 bits per heavy atom. The molecule has 1 amide bonds. The number of aromatic nitrogens is 3. The Kier molecular flexibility index (Phi) is 3.72. The molecule has 1 aromatic carbocycles. The number of H-pyrrole nitrogens is 1. The summed E-state index contributed by atoms with van der Waals surface area (Å²) in [4.78, 5) is 15.2. The zero-order valence-corrected chi connectivity index (χ0v) is 9.90. The topological polar surface area (TPSA) is 70.7 Å². The van der Waals surface area contributed by atoms with Gasteiger partial charge in [-0.2, -0.15) is 5.10 Å². The number of nitrogens with one attached hydrogen (secondary N) is 2. The number of benzene rings is 1. The van der Waals surface area contributed by atoms with Gasteiger partial charge < -0.3 is 5.32 Å². The molecule has 1 aromatic heterocycles. The second-order valence-corrected chi connectivity index (χ2v) is 3.59. The number of rotatable bonds is 3. The van der Waals surface area contributed by atoms with Crippen molar-refractivity contribution in [2.45, 2.75) is 13.5 Å². The standard InChI is InChI=1S/C13H12N4O/c1-2-3-12(18)14-8-10-4-6-11(7-5-10)13-15-9-16-17-13/h4-7,9H,8H2,1H3,(H,14,18)(H,15,16,17). The van der Waals surface area contributed by atoms with Crippen LogP contribution in [0.4, 0.5) is 0 Å². The zero-order chi connectivity index (χ0) is 12.8. The Hall–Kier alpha value is -2.61. The van der Waals surface area contributed by atoms with Gasteiger partial charge in [-0.3, -0.25) is 9.89 Å². The van der Waals surface area contributed by atoms with E-state index in [4.69, 9.17) is 0 Å². The van der Waals surface area contributed by atoms with Crippen LogP contribution in [0.3, 0.4) is 0 Å². The van der Waals surface area contributed by atoms with Crippen molar-refractivity contribution in [3.8, 4) is 23.2 Å². The van der Waals surface area contributed by atoms with Crippen LogP contribution in [0.1, 0.15) is 12.5 Å². The fourth-order valence-corrected chi connectivity index (χ4v) is 1.47. The molecule has 0 saturated carbocycles. The molecule has 0 fully saturated rings. The molecule has 1 heterocycles. The number of hydrogen-bond donors (Lipinski definition) is 2. The van der Waals surface area contributed by atoms with Gasteiger partial charge in [0.25, 0.3) is 5.91 Å². The molecule has 2 aromatic rings. The average molecular weight is 240 g/mol. The van der Waals surface area contributed by atoms with E-state index < -0.39 is 0 Å². The smallest absolute Gasteiger partial charge is 0.296 e. The van der Waals surface area contributed by atoms with E-state index in [1.165, 1.54) is 6.33 Å². The first-order valence-corrected chi connectivity index (χ1v) is 5.45. The number of nitrogens with zero attached hydrogens (tertiary/aromatic N) is 2. The average Bonchev–Trinajstić information content (AvgIpc) is 2.91. The van der Waals surface area contributed by atoms with Gasteiger partial charge in [0.2, 0.25) is 0 Å². The van der Waals surface area contributed by atoms with Crippen molar-refractivity contribution < 1.29 is 4.79 Å². The molecule has 2 N–H and O–H groups in total. The maximum Gasteiger partial charge on any atom is 0.296 e. The van der Waals surface area contributed by atoms with E-state index >= 15 is 0 Å². The van der Waals surface area contributed by atoms with Crippen LogP contribution >= 0.6 is 0 Å². The molecule has 0 radical (unpaired) electrons. The Labute approximate surface area is 105 Å². The minimum Gasteiger partial charge on any atom is -0.341 e. The van der Waals surface area contributed by atoms with Crippen molar-refractivity contribution in [2.24, 2.45) is 0 Å². The molecule has 0 bridgehead atoms. The number of amides is 1. The second-order valence-electron chi connectivity index (χ2n) is 3.59. The van der Waals surface area contributed by atoms with E-state index in [-0.39, 0.29) is 5.91 Å². The highest BCUT2D eigenvalue weighted by atomic mass is 16.1. The number of carbonyl (C=O) groups is 1. The highest BCUT2D eigenvalue weighted by Gasteiger charge is 2.01. The van der Waals surface area contributed by atoms with Gasteiger partial charge in [0.1, 0.15) is 6.33 Å². The lowest BCUT2D eigenvalue weighted by Crippen LogP contribution is -2.20. The van der Waals surface area contributed by atoms with Crippen molar-refractivity contribution in [3.63, 3.8) is 0 Å². The molecule has 90 valence electrons. The Morgan fingerprint density at radius 2 is 2.17 bits per heavy atom. The van der Waals surface area contributed by atoms with Crippen molar-refractivity contribution in [1.29, 1.82) is 0 Å². The van der Waals surface area contributed by atoms with Gasteiger partial charge in [0.05, 0.1) is 0 Å². The van der Waals surface area contributed by atoms with Crippen LogP contribution in [0, 0.1) is 11.8 Å². The predicted molar refractivity (Wildman–Crippen MR) is 67.1 cm³/mol. The molecule has 18 heavy (non-hydrogen) atoms. The molecule has 0 aliphatic rings. The van der Waals surface area contributed by atoms with Crippen molar-refractivity contribution in [2.75, 3.05) is 0 Å². The third-order valence-corrected chi connectivity index (χ3v) is 2.33. The molecular weight excluding hydrogens is 228 g/mol. The Morgan fingerprint density at radius 1 is 1.39 bits per heavy atom. The third kappa shape index (κ3) is 2.95. The summed E-state index contributed by atoms with van der Waals surface area (Å²) in [6, 6.07) is 7.70. The van der Waals surface area contributed by atoms with Gasteiger partial charge in [-0.15, -0.1) is 0 Å². The van der Waals surface area contributed by atoms with Crippen LogP contribution in [0.5, 0.6) is 0 Å². The van der Waals surface area contributed by atoms with Crippen LogP contribution < -0.4 is 5.32 Å². The summed E-state index contributed by atoms with van der Waals surface area (Å²) in [6.07, 6.45) is 1.47. The quantitative estimate of drug-likeness (QED) is 0.789. The van der Waals surface area contributed by atoms with Gasteiger partial charge in [-0.1, -0.05) is 30.2 Å². The van der Waals surface area contributed by atoms with Crippen molar-refractivity contribution >= 4 is 5.91 Å². The van der Waals surface area contributed by atoms with E-state index in [1.54, 1.807) is 6.92 Å². The molecule has 0 aliphatic heterocycles. The predicted octanol–water partition coefficient (Wildman–Crippen LogP) is 1.11. The molecule has 5 heteroatoms. The van der Waals surface area contributed by atoms with E-state index in [2.05, 4.69) is 32.3 Å². The van der Waals surface area contributed by atoms with E-state index in [0.29, 0.717) is 6.54 Å². The van der Waals surface area contributed by atoms with Crippen molar-refractivity contribution in [3.05, 3.63) is 36.2 Å². The first-order valence-electron chi connectivity index (χ1n) is 5.45. The summed E-state index contributed by atoms with van der Waals surface area (Å²) in [5.41, 5.74) is 1.96. The van der Waals surface area contributed by atoms with E-state index in [0.717, 1.165) is 17.0 Å². The molecule has 5 nitrogen and oxygen atoms in total. The van der Waals surface area contributed by atoms with E-state index in [9.17, 15) is 4.79 Å². The van der Waals surface area contributed by atoms with Gasteiger partial charge >= 0.3 is 0 Å². The molecule has 0 atom stereocenters. The number of carbonyl (C=O) groups excluding carboxylic acids is 1. The first-order chi connectivity index (χ1) is 8.79. The normalized spacial score (nSPS) is 9.39. The SMILES string of the molecule is CC#CC(=O)NCc1ccc(-c2ncn[nH]2)cc1. The maximum absolute atomic E-state index is 11.2. The summed E-state index contributed by atoms with van der Waals surface area (Å²) in [6.45, 7) is 2.09.